The Labute approximate surface area is 115 Å². The van der Waals surface area contributed by atoms with Crippen molar-refractivity contribution in [3.05, 3.63) is 24.3 Å². The highest BCUT2D eigenvalue weighted by atomic mass is 32.2. The Morgan fingerprint density at radius 2 is 2.11 bits per heavy atom. The van der Waals surface area contributed by atoms with Gasteiger partial charge in [0.2, 0.25) is 0 Å². The topological polar surface area (TPSA) is 55.4 Å². The summed E-state index contributed by atoms with van der Waals surface area (Å²) in [5.41, 5.74) is -0.112. The van der Waals surface area contributed by atoms with Crippen molar-refractivity contribution in [1.82, 2.24) is 5.32 Å². The van der Waals surface area contributed by atoms with Crippen LogP contribution in [0.15, 0.2) is 29.2 Å². The minimum atomic E-state index is -3.18. The molecule has 1 aromatic carbocycles. The molecule has 0 saturated heterocycles. The van der Waals surface area contributed by atoms with Crippen molar-refractivity contribution in [3.63, 3.8) is 0 Å². The van der Waals surface area contributed by atoms with Crippen molar-refractivity contribution < 1.29 is 13.2 Å². The van der Waals surface area contributed by atoms with Gasteiger partial charge < -0.3 is 10.1 Å². The Balaban J connectivity index is 2.14. The van der Waals surface area contributed by atoms with Gasteiger partial charge in [-0.2, -0.15) is 0 Å². The molecule has 1 aromatic rings. The summed E-state index contributed by atoms with van der Waals surface area (Å²) in [7, 11) is -1.25. The van der Waals surface area contributed by atoms with Gasteiger partial charge in [-0.15, -0.1) is 0 Å². The van der Waals surface area contributed by atoms with E-state index in [4.69, 9.17) is 4.74 Å². The van der Waals surface area contributed by atoms with Crippen LogP contribution in [0.5, 0.6) is 5.75 Å². The van der Waals surface area contributed by atoms with E-state index in [0.717, 1.165) is 25.8 Å². The Bertz CT molecular complexity index is 535. The molecule has 0 unspecified atom stereocenters. The molecule has 0 aliphatic heterocycles. The minimum absolute atomic E-state index is 0.112. The largest absolute Gasteiger partial charge is 0.487 e. The zero-order valence-corrected chi connectivity index (χ0v) is 12.3. The summed E-state index contributed by atoms with van der Waals surface area (Å²) >= 11 is 0. The maximum Gasteiger partial charge on any atom is 0.175 e. The van der Waals surface area contributed by atoms with Crippen molar-refractivity contribution in [1.29, 1.82) is 0 Å². The lowest BCUT2D eigenvalue weighted by molar-refractivity contribution is -0.0140. The van der Waals surface area contributed by atoms with E-state index in [0.29, 0.717) is 10.6 Å². The van der Waals surface area contributed by atoms with Crippen LogP contribution in [0.4, 0.5) is 0 Å². The van der Waals surface area contributed by atoms with Crippen LogP contribution in [0, 0.1) is 0 Å². The summed E-state index contributed by atoms with van der Waals surface area (Å²) in [5.74, 6) is 0.652. The molecule has 2 rings (SSSR count). The van der Waals surface area contributed by atoms with Gasteiger partial charge in [0.1, 0.15) is 11.4 Å². The average Bonchev–Trinajstić information content (AvgIpc) is 2.32. The molecule has 0 radical (unpaired) electrons. The number of benzene rings is 1. The molecule has 5 heteroatoms. The third-order valence-electron chi connectivity index (χ3n) is 3.66. The van der Waals surface area contributed by atoms with Gasteiger partial charge in [-0.05, 0) is 57.5 Å². The van der Waals surface area contributed by atoms with E-state index in [1.165, 1.54) is 12.7 Å². The third kappa shape index (κ3) is 3.48. The number of rotatable bonds is 6. The first-order chi connectivity index (χ1) is 8.95. The number of nitrogens with one attached hydrogen (secondary N) is 1. The average molecular weight is 283 g/mol. The van der Waals surface area contributed by atoms with Crippen LogP contribution in [-0.4, -0.2) is 33.9 Å². The molecule has 1 N–H and O–H groups in total. The molecule has 106 valence electrons. The van der Waals surface area contributed by atoms with Crippen molar-refractivity contribution in [2.75, 3.05) is 19.8 Å². The van der Waals surface area contributed by atoms with E-state index in [1.807, 2.05) is 13.1 Å². The van der Waals surface area contributed by atoms with E-state index >= 15 is 0 Å². The number of ether oxygens (including phenoxy) is 1. The van der Waals surface area contributed by atoms with Gasteiger partial charge in [-0.25, -0.2) is 8.42 Å². The predicted molar refractivity (Wildman–Crippen MR) is 75.3 cm³/mol. The van der Waals surface area contributed by atoms with Crippen molar-refractivity contribution in [3.8, 4) is 5.75 Å². The molecule has 0 spiro atoms. The number of hydrogen-bond acceptors (Lipinski definition) is 4. The van der Waals surface area contributed by atoms with E-state index in [1.54, 1.807) is 18.2 Å². The van der Waals surface area contributed by atoms with Crippen LogP contribution in [-0.2, 0) is 9.84 Å². The third-order valence-corrected chi connectivity index (χ3v) is 4.77. The lowest BCUT2D eigenvalue weighted by Crippen LogP contribution is -2.45. The van der Waals surface area contributed by atoms with Crippen molar-refractivity contribution in [2.24, 2.45) is 0 Å². The molecule has 1 aliphatic carbocycles. The van der Waals surface area contributed by atoms with Gasteiger partial charge in [-0.3, -0.25) is 0 Å². The van der Waals surface area contributed by atoms with Crippen LogP contribution in [0.1, 0.15) is 25.7 Å². The summed E-state index contributed by atoms with van der Waals surface area (Å²) in [4.78, 5) is 0.313. The van der Waals surface area contributed by atoms with Crippen LogP contribution in [0.2, 0.25) is 0 Å². The van der Waals surface area contributed by atoms with E-state index < -0.39 is 9.84 Å². The van der Waals surface area contributed by atoms with Crippen LogP contribution < -0.4 is 10.1 Å². The van der Waals surface area contributed by atoms with Gasteiger partial charge in [0.25, 0.3) is 0 Å². The fourth-order valence-electron chi connectivity index (χ4n) is 2.35. The lowest BCUT2D eigenvalue weighted by Gasteiger charge is -2.42. The highest BCUT2D eigenvalue weighted by molar-refractivity contribution is 7.90. The first-order valence-electron chi connectivity index (χ1n) is 6.59. The molecular weight excluding hydrogens is 262 g/mol. The lowest BCUT2D eigenvalue weighted by atomic mass is 9.77. The predicted octanol–water partition coefficient (Wildman–Crippen LogP) is 2.00. The van der Waals surface area contributed by atoms with Crippen LogP contribution in [0.3, 0.4) is 0 Å². The number of hydrogen-bond donors (Lipinski definition) is 1. The van der Waals surface area contributed by atoms with E-state index in [-0.39, 0.29) is 5.60 Å². The van der Waals surface area contributed by atoms with Crippen molar-refractivity contribution >= 4 is 9.84 Å². The molecule has 1 saturated carbocycles. The Hall–Kier alpha value is -1.07. The summed E-state index contributed by atoms with van der Waals surface area (Å²) < 4.78 is 29.2. The summed E-state index contributed by atoms with van der Waals surface area (Å²) in [6, 6.07) is 6.78. The summed E-state index contributed by atoms with van der Waals surface area (Å²) in [6.07, 6.45) is 5.42. The van der Waals surface area contributed by atoms with Gasteiger partial charge in [0.15, 0.2) is 9.84 Å². The Morgan fingerprint density at radius 3 is 2.63 bits per heavy atom. The summed E-state index contributed by atoms with van der Waals surface area (Å²) in [5, 5.41) is 3.14. The quantitative estimate of drug-likeness (QED) is 0.867. The molecule has 0 atom stereocenters. The second-order valence-corrected chi connectivity index (χ2v) is 7.25. The highest BCUT2D eigenvalue weighted by Crippen LogP contribution is 2.39. The van der Waals surface area contributed by atoms with E-state index in [2.05, 4.69) is 5.32 Å². The second kappa shape index (κ2) is 5.51. The SMILES string of the molecule is CNCCC1(Oc2cccc(S(C)(=O)=O)c2)CCC1. The molecule has 0 amide bonds. The molecule has 1 aliphatic rings. The number of sulfone groups is 1. The van der Waals surface area contributed by atoms with Crippen LogP contribution >= 0.6 is 0 Å². The molecule has 0 bridgehead atoms. The molecule has 4 nitrogen and oxygen atoms in total. The monoisotopic (exact) mass is 283 g/mol. The smallest absolute Gasteiger partial charge is 0.175 e. The normalized spacial score (nSPS) is 17.8. The van der Waals surface area contributed by atoms with Gasteiger partial charge >= 0.3 is 0 Å². The van der Waals surface area contributed by atoms with E-state index in [9.17, 15) is 8.42 Å². The molecule has 19 heavy (non-hydrogen) atoms. The highest BCUT2D eigenvalue weighted by Gasteiger charge is 2.38. The zero-order chi connectivity index (χ0) is 13.9. The van der Waals surface area contributed by atoms with Gasteiger partial charge in [0, 0.05) is 6.26 Å². The second-order valence-electron chi connectivity index (χ2n) is 5.24. The maximum atomic E-state index is 11.5. The minimum Gasteiger partial charge on any atom is -0.487 e. The standard InChI is InChI=1S/C14H21NO3S/c1-15-10-9-14(7-4-8-14)18-12-5-3-6-13(11-12)19(2,16)17/h3,5-6,11,15H,4,7-10H2,1-2H3. The van der Waals surface area contributed by atoms with Crippen molar-refractivity contribution in [2.45, 2.75) is 36.2 Å². The molecule has 0 heterocycles. The maximum absolute atomic E-state index is 11.5. The zero-order valence-electron chi connectivity index (χ0n) is 11.5. The van der Waals surface area contributed by atoms with Gasteiger partial charge in [0.05, 0.1) is 4.90 Å². The first kappa shape index (κ1) is 14.3. The fraction of sp³-hybridized carbons (Fsp3) is 0.571. The van der Waals surface area contributed by atoms with Gasteiger partial charge in [-0.1, -0.05) is 6.07 Å². The molecule has 0 aromatic heterocycles. The first-order valence-corrected chi connectivity index (χ1v) is 8.48. The Morgan fingerprint density at radius 1 is 1.37 bits per heavy atom. The summed E-state index contributed by atoms with van der Waals surface area (Å²) in [6.45, 7) is 0.908. The Kier molecular flexibility index (Phi) is 4.16. The fourth-order valence-corrected chi connectivity index (χ4v) is 3.00. The van der Waals surface area contributed by atoms with Crippen LogP contribution in [0.25, 0.3) is 0 Å². The molecular formula is C14H21NO3S. The molecule has 1 fully saturated rings.